The molecule has 8 heteroatoms. The molecule has 1 aliphatic rings. The number of pyridine rings is 2. The van der Waals surface area contributed by atoms with Crippen molar-refractivity contribution in [3.63, 3.8) is 0 Å². The van der Waals surface area contributed by atoms with Crippen LogP contribution >= 0.6 is 0 Å². The van der Waals surface area contributed by atoms with Gasteiger partial charge >= 0.3 is 5.78 Å². The van der Waals surface area contributed by atoms with Crippen LogP contribution in [0.25, 0.3) is 67.3 Å². The van der Waals surface area contributed by atoms with Gasteiger partial charge in [-0.05, 0) is 101 Å². The van der Waals surface area contributed by atoms with Gasteiger partial charge in [-0.1, -0.05) is 196 Å². The topological polar surface area (TPSA) is 106 Å². The van der Waals surface area contributed by atoms with Crippen LogP contribution in [0.1, 0.15) is 166 Å². The summed E-state index contributed by atoms with van der Waals surface area (Å²) in [4.78, 5) is 33.9. The SMILES string of the molecule is CC(=[OH+])/C=C(/C)O.CCCCCCc1cc(CCCCCC)cc(C2(C)c3ccccc3-c3c[c-]c(-c4ncc(-c5nc(-c6ccc(C(C)(C)C)cc6)nc(-c6ccc(C(C)(C)C)cc6)n5)c5cnccc45)cc32)c1.[Ir]. The molecule has 2 N–H and O–H groups in total. The number of hydrogen-bond acceptors (Lipinski definition) is 6. The summed E-state index contributed by atoms with van der Waals surface area (Å²) >= 11 is 0. The summed E-state index contributed by atoms with van der Waals surface area (Å²) in [6.45, 7) is 23.4. The molecule has 0 spiro atoms. The Kier molecular flexibility index (Phi) is 18.6. The second-order valence-corrected chi connectivity index (χ2v) is 22.8. The van der Waals surface area contributed by atoms with E-state index in [9.17, 15) is 0 Å². The molecule has 1 aliphatic carbocycles. The minimum atomic E-state index is -0.363. The molecule has 76 heavy (non-hydrogen) atoms. The monoisotopic (exact) mass is 1190 g/mol. The molecule has 1 unspecified atom stereocenters. The number of unbranched alkanes of at least 4 members (excludes halogenated alkanes) is 6. The Hall–Kier alpha value is -6.47. The van der Waals surface area contributed by atoms with Crippen molar-refractivity contribution in [3.8, 4) is 56.5 Å². The van der Waals surface area contributed by atoms with Gasteiger partial charge in [0, 0.05) is 66.2 Å². The smallest absolute Gasteiger partial charge is 0.316 e. The van der Waals surface area contributed by atoms with Crippen LogP contribution in [0.3, 0.4) is 0 Å². The number of ketones is 1. The van der Waals surface area contributed by atoms with E-state index >= 15 is 0 Å². The Morgan fingerprint density at radius 1 is 0.618 bits per heavy atom. The van der Waals surface area contributed by atoms with Crippen molar-refractivity contribution in [1.82, 2.24) is 24.9 Å². The molecule has 1 atom stereocenters. The average Bonchev–Trinajstić information content (AvgIpc) is 3.73. The molecule has 395 valence electrons. The number of nitrogens with zero attached hydrogens (tertiary/aromatic N) is 5. The normalized spacial score (nSPS) is 14.1. The minimum Gasteiger partial charge on any atom is -0.512 e. The van der Waals surface area contributed by atoms with Gasteiger partial charge in [-0.2, -0.15) is 0 Å². The fourth-order valence-electron chi connectivity index (χ4n) is 10.5. The Morgan fingerprint density at radius 2 is 1.17 bits per heavy atom. The number of rotatable bonds is 16. The van der Waals surface area contributed by atoms with Crippen molar-refractivity contribution >= 4 is 16.6 Å². The Bertz CT molecular complexity index is 3220. The van der Waals surface area contributed by atoms with Crippen LogP contribution in [-0.2, 0) is 49.2 Å². The van der Waals surface area contributed by atoms with Gasteiger partial charge in [0.05, 0.1) is 18.8 Å². The molecule has 5 aromatic carbocycles. The number of carbonyl (C=O) groups excluding carboxylic acids is 1. The van der Waals surface area contributed by atoms with Gasteiger partial charge in [0.25, 0.3) is 0 Å². The fraction of sp³-hybridized carbons (Fsp3) is 0.353. The molecule has 1 radical (unpaired) electrons. The van der Waals surface area contributed by atoms with Crippen LogP contribution in [-0.4, -0.2) is 40.6 Å². The maximum absolute atomic E-state index is 8.40. The van der Waals surface area contributed by atoms with E-state index in [2.05, 4.69) is 183 Å². The van der Waals surface area contributed by atoms with E-state index in [1.54, 1.807) is 0 Å². The first-order valence-electron chi connectivity index (χ1n) is 27.3. The van der Waals surface area contributed by atoms with Crippen LogP contribution in [0.4, 0.5) is 0 Å². The molecule has 8 aromatic rings. The molecular weight excluding hydrogens is 1110 g/mol. The van der Waals surface area contributed by atoms with Crippen LogP contribution in [0, 0.1) is 6.07 Å². The van der Waals surface area contributed by atoms with Gasteiger partial charge in [0.15, 0.2) is 17.5 Å². The Labute approximate surface area is 466 Å². The third-order valence-electron chi connectivity index (χ3n) is 14.8. The van der Waals surface area contributed by atoms with Crippen LogP contribution in [0.5, 0.6) is 0 Å². The first-order valence-corrected chi connectivity index (χ1v) is 27.3. The summed E-state index contributed by atoms with van der Waals surface area (Å²) in [6.07, 6.45) is 19.3. The van der Waals surface area contributed by atoms with E-state index in [1.807, 2.05) is 18.6 Å². The van der Waals surface area contributed by atoms with Crippen molar-refractivity contribution in [1.29, 1.82) is 0 Å². The Balaban J connectivity index is 0.000000983. The summed E-state index contributed by atoms with van der Waals surface area (Å²) in [5.41, 5.74) is 16.1. The third-order valence-corrected chi connectivity index (χ3v) is 14.8. The van der Waals surface area contributed by atoms with E-state index in [4.69, 9.17) is 29.8 Å². The van der Waals surface area contributed by atoms with Gasteiger partial charge in [0.2, 0.25) is 0 Å². The van der Waals surface area contributed by atoms with Gasteiger partial charge < -0.3 is 10.1 Å². The molecule has 0 saturated carbocycles. The van der Waals surface area contributed by atoms with Crippen molar-refractivity contribution in [2.24, 2.45) is 0 Å². The van der Waals surface area contributed by atoms with Gasteiger partial charge in [-0.15, -0.1) is 29.3 Å². The molecule has 0 bridgehead atoms. The minimum absolute atomic E-state index is 0. The first-order chi connectivity index (χ1) is 35.9. The van der Waals surface area contributed by atoms with Gasteiger partial charge in [-0.3, -0.25) is 9.78 Å². The maximum Gasteiger partial charge on any atom is 0.316 e. The third kappa shape index (κ3) is 13.0. The molecular formula is C68H77IrN5O2. The summed E-state index contributed by atoms with van der Waals surface area (Å²) in [5.74, 6) is 2.04. The number of hydrogen-bond donors (Lipinski definition) is 1. The number of aryl methyl sites for hydroxylation is 2. The quantitative estimate of drug-likeness (QED) is 0.0340. The zero-order valence-corrected chi connectivity index (χ0v) is 49.1. The molecule has 9 rings (SSSR count). The zero-order valence-electron chi connectivity index (χ0n) is 46.7. The van der Waals surface area contributed by atoms with E-state index in [0.29, 0.717) is 17.5 Å². The Morgan fingerprint density at radius 3 is 1.68 bits per heavy atom. The number of aliphatic hydroxyl groups is 1. The number of allylic oxidation sites excluding steroid dienone is 2. The summed E-state index contributed by atoms with van der Waals surface area (Å²) < 4.78 is 0. The second kappa shape index (κ2) is 24.7. The summed E-state index contributed by atoms with van der Waals surface area (Å²) in [6, 6.07) is 44.2. The van der Waals surface area contributed by atoms with Crippen LogP contribution in [0.2, 0.25) is 0 Å². The number of benzene rings is 5. The molecule has 7 nitrogen and oxygen atoms in total. The summed E-state index contributed by atoms with van der Waals surface area (Å²) in [5, 5.41) is 10.3. The van der Waals surface area contributed by atoms with Gasteiger partial charge in [-0.25, -0.2) is 15.0 Å². The van der Waals surface area contributed by atoms with E-state index in [0.717, 1.165) is 51.6 Å². The zero-order chi connectivity index (χ0) is 53.5. The molecule has 3 heterocycles. The number of fused-ring (bicyclic) bond motifs is 4. The molecule has 0 fully saturated rings. The molecule has 0 aliphatic heterocycles. The first kappa shape index (κ1) is 57.2. The maximum atomic E-state index is 8.40. The van der Waals surface area contributed by atoms with Crippen LogP contribution in [0.15, 0.2) is 140 Å². The fourth-order valence-corrected chi connectivity index (χ4v) is 10.5. The summed E-state index contributed by atoms with van der Waals surface area (Å²) in [7, 11) is 0. The molecule has 3 aromatic heterocycles. The van der Waals surface area contributed by atoms with Crippen molar-refractivity contribution in [3.05, 3.63) is 185 Å². The predicted octanol–water partition coefficient (Wildman–Crippen LogP) is 17.5. The van der Waals surface area contributed by atoms with E-state index in [-0.39, 0.29) is 47.9 Å². The number of aromatic nitrogens is 5. The second-order valence-electron chi connectivity index (χ2n) is 22.8. The van der Waals surface area contributed by atoms with Crippen molar-refractivity contribution in [2.45, 2.75) is 157 Å². The van der Waals surface area contributed by atoms with Crippen LogP contribution < -0.4 is 0 Å². The van der Waals surface area contributed by atoms with Crippen molar-refractivity contribution < 1.29 is 30.0 Å². The predicted molar refractivity (Wildman–Crippen MR) is 313 cm³/mol. The van der Waals surface area contributed by atoms with E-state index in [1.165, 1.54) is 121 Å². The molecule has 0 amide bonds. The van der Waals surface area contributed by atoms with E-state index < -0.39 is 0 Å². The molecule has 0 saturated heterocycles. The number of aliphatic hydroxyl groups excluding tert-OH is 1. The average molecular weight is 1190 g/mol. The largest absolute Gasteiger partial charge is 0.512 e. The standard InChI is InChI=1S/C63H68N5.C5H8O2.Ir/c1-10-12-14-16-20-42-36-43(21-17-15-13-11-2)38-49(37-42)63(9)55-23-19-18-22-50(55)51-33-28-46(39-56(51)63)57-52-34-35-64-40-53(52)54(41-65-57)60-67-58(44-24-29-47(30-25-44)61(3,4)5)66-59(68-60)45-26-31-48(32-27-45)62(6,7)8;1-4(6)3-5(2)7;/h18-19,22-27,29-41H,10-17,20-21H2,1-9H3;3,6H,1-2H3;/q-1;;/p+1/b;4-3-;. The van der Waals surface area contributed by atoms with Gasteiger partial charge in [0.1, 0.15) is 0 Å². The van der Waals surface area contributed by atoms with Crippen molar-refractivity contribution in [2.75, 3.05) is 0 Å².